The van der Waals surface area contributed by atoms with E-state index in [1.807, 2.05) is 39.0 Å². The van der Waals surface area contributed by atoms with Crippen LogP contribution in [-0.4, -0.2) is 144 Å². The number of hydrogen-bond acceptors (Lipinski definition) is 10. The van der Waals surface area contributed by atoms with E-state index in [1.165, 1.54) is 62.7 Å². The third kappa shape index (κ3) is 30.1. The second-order valence-electron chi connectivity index (χ2n) is 19.4. The van der Waals surface area contributed by atoms with Crippen molar-refractivity contribution in [3.63, 3.8) is 0 Å². The summed E-state index contributed by atoms with van der Waals surface area (Å²) in [6.07, 6.45) is 29.7. The molecule has 0 bridgehead atoms. The Labute approximate surface area is 398 Å². The number of unbranched alkanes of at least 4 members (excludes halogenated alkanes) is 20. The summed E-state index contributed by atoms with van der Waals surface area (Å²) >= 11 is 1.88. The molecule has 2 aliphatic rings. The highest BCUT2D eigenvalue weighted by Crippen LogP contribution is 2.52. The van der Waals surface area contributed by atoms with Crippen LogP contribution in [0.3, 0.4) is 0 Å². The van der Waals surface area contributed by atoms with Gasteiger partial charge in [-0.05, 0) is 38.5 Å². The Morgan fingerprint density at radius 1 is 0.815 bits per heavy atom. The number of carbonyl (C=O) groups excluding carboxylic acids is 4. The fraction of sp³-hybridized carbons (Fsp3) is 0.875. The van der Waals surface area contributed by atoms with Crippen molar-refractivity contribution in [3.05, 3.63) is 12.2 Å². The molecule has 5 amide bonds. The van der Waals surface area contributed by atoms with Gasteiger partial charge in [-0.3, -0.25) is 14.4 Å². The summed E-state index contributed by atoms with van der Waals surface area (Å²) in [5.74, 6) is 0.560. The summed E-state index contributed by atoms with van der Waals surface area (Å²) in [4.78, 5) is 71.8. The summed E-state index contributed by atoms with van der Waals surface area (Å²) in [7, 11) is 3.46. The number of quaternary nitrogens is 1. The van der Waals surface area contributed by atoms with Crippen LogP contribution in [0, 0.1) is 0 Å². The maximum Gasteiger partial charge on any atom is 0.570 e. The first-order valence-corrected chi connectivity index (χ1v) is 28.0. The number of likely N-dealkylation sites (N-methyl/N-ethyl adjacent to an activating group) is 2. The van der Waals surface area contributed by atoms with Crippen molar-refractivity contribution in [2.75, 3.05) is 66.8 Å². The molecule has 7 N–H and O–H groups in total. The molecule has 2 rings (SSSR count). The number of aliphatic hydroxyl groups is 1. The van der Waals surface area contributed by atoms with E-state index in [2.05, 4.69) is 28.2 Å². The van der Waals surface area contributed by atoms with Gasteiger partial charge in [0.25, 0.3) is 0 Å². The molecule has 65 heavy (non-hydrogen) atoms. The number of hydrogen-bond donors (Lipinski definition) is 7. The average Bonchev–Trinajstić information content (AvgIpc) is 3.81. The highest BCUT2D eigenvalue weighted by molar-refractivity contribution is 8.00. The number of thioether (sulfide) groups is 1. The summed E-state index contributed by atoms with van der Waals surface area (Å²) in [5, 5.41) is 23.2. The van der Waals surface area contributed by atoms with Gasteiger partial charge in [0.2, 0.25) is 17.7 Å². The van der Waals surface area contributed by atoms with Crippen LogP contribution in [0.25, 0.3) is 0 Å². The molecular formula is C48H93N6O9PS+2. The van der Waals surface area contributed by atoms with Gasteiger partial charge in [-0.15, -0.1) is 4.52 Å². The number of urea groups is 1. The molecule has 2 aliphatic heterocycles. The molecular weight excluding hydrogens is 868 g/mol. The number of allylic oxidation sites excluding steroid dienone is 1. The quantitative estimate of drug-likeness (QED) is 0.0105. The molecule has 0 spiro atoms. The average molecular weight is 961 g/mol. The van der Waals surface area contributed by atoms with Crippen LogP contribution in [0.5, 0.6) is 0 Å². The lowest BCUT2D eigenvalue weighted by molar-refractivity contribution is -0.870. The van der Waals surface area contributed by atoms with E-state index in [0.717, 1.165) is 102 Å². The summed E-state index contributed by atoms with van der Waals surface area (Å²) in [6, 6.07) is -0.540. The molecule has 4 unspecified atom stereocenters. The second-order valence-corrected chi connectivity index (χ2v) is 22.2. The fourth-order valence-electron chi connectivity index (χ4n) is 8.14. The molecule has 0 aromatic rings. The molecule has 0 aromatic carbocycles. The van der Waals surface area contributed by atoms with Gasteiger partial charge in [-0.2, -0.15) is 26.1 Å². The van der Waals surface area contributed by atoms with E-state index >= 15 is 0 Å². The first-order valence-electron chi connectivity index (χ1n) is 25.4. The minimum Gasteiger partial charge on any atom is -0.387 e. The molecule has 5 atom stereocenters. The van der Waals surface area contributed by atoms with Gasteiger partial charge in [0.1, 0.15) is 19.8 Å². The monoisotopic (exact) mass is 961 g/mol. The third-order valence-corrected chi connectivity index (χ3v) is 14.8. The van der Waals surface area contributed by atoms with Crippen LogP contribution in [0.15, 0.2) is 12.2 Å². The Morgan fingerprint density at radius 3 is 2.03 bits per heavy atom. The Morgan fingerprint density at radius 2 is 1.40 bits per heavy atom. The maximum atomic E-state index is 13.0. The lowest BCUT2D eigenvalue weighted by Gasteiger charge is -2.24. The zero-order valence-corrected chi connectivity index (χ0v) is 42.9. The number of nitrogens with one attached hydrogen (secondary N) is 4. The van der Waals surface area contributed by atoms with Crippen LogP contribution in [0.2, 0.25) is 0 Å². The van der Waals surface area contributed by atoms with E-state index in [4.69, 9.17) is 9.05 Å². The van der Waals surface area contributed by atoms with Crippen molar-refractivity contribution in [1.82, 2.24) is 26.2 Å². The van der Waals surface area contributed by atoms with Gasteiger partial charge in [-0.25, -0.2) is 4.79 Å². The van der Waals surface area contributed by atoms with Gasteiger partial charge < -0.3 is 35.8 Å². The van der Waals surface area contributed by atoms with Crippen LogP contribution < -0.4 is 21.3 Å². The molecule has 378 valence electrons. The van der Waals surface area contributed by atoms with E-state index in [-0.39, 0.29) is 55.6 Å². The fourth-order valence-corrected chi connectivity index (χ4v) is 10.4. The summed E-state index contributed by atoms with van der Waals surface area (Å²) < 4.78 is 11.2. The van der Waals surface area contributed by atoms with Crippen molar-refractivity contribution < 1.29 is 47.6 Å². The van der Waals surface area contributed by atoms with Crippen LogP contribution >= 0.6 is 19.9 Å². The Kier molecular flexibility index (Phi) is 31.9. The largest absolute Gasteiger partial charge is 0.570 e. The minimum atomic E-state index is -4.13. The summed E-state index contributed by atoms with van der Waals surface area (Å²) in [5.41, 5.74) is 0. The molecule has 0 aliphatic carbocycles. The van der Waals surface area contributed by atoms with Crippen molar-refractivity contribution in [2.24, 2.45) is 0 Å². The predicted molar refractivity (Wildman–Crippen MR) is 265 cm³/mol. The van der Waals surface area contributed by atoms with Crippen LogP contribution in [0.1, 0.15) is 174 Å². The molecule has 0 aromatic heterocycles. The predicted octanol–water partition coefficient (Wildman–Crippen LogP) is 7.69. The van der Waals surface area contributed by atoms with E-state index in [0.29, 0.717) is 35.7 Å². The number of aliphatic hydroxyl groups excluding tert-OH is 1. The highest BCUT2D eigenvalue weighted by atomic mass is 32.2. The first kappa shape index (κ1) is 59.1. The topological polar surface area (TPSA) is 199 Å². The molecule has 0 saturated carbocycles. The van der Waals surface area contributed by atoms with Gasteiger partial charge in [0, 0.05) is 37.4 Å². The number of amides is 5. The zero-order chi connectivity index (χ0) is 47.8. The summed E-state index contributed by atoms with van der Waals surface area (Å²) in [6.45, 7) is 3.26. The number of nitrogens with zero attached hydrogens (tertiary/aromatic N) is 2. The van der Waals surface area contributed by atoms with E-state index in [9.17, 15) is 34.1 Å². The Balaban J connectivity index is 1.54. The van der Waals surface area contributed by atoms with Crippen molar-refractivity contribution in [3.8, 4) is 0 Å². The van der Waals surface area contributed by atoms with Crippen LogP contribution in [-0.2, 0) is 23.4 Å². The molecule has 2 fully saturated rings. The lowest BCUT2D eigenvalue weighted by atomic mass is 10.0. The molecule has 2 heterocycles. The lowest BCUT2D eigenvalue weighted by Crippen LogP contribution is -2.45. The molecule has 15 nitrogen and oxygen atoms in total. The Hall–Kier alpha value is -2.04. The third-order valence-electron chi connectivity index (χ3n) is 12.3. The molecule has 0 radical (unpaired) electrons. The number of rotatable bonds is 41. The second kappa shape index (κ2) is 35.1. The van der Waals surface area contributed by atoms with E-state index in [1.54, 1.807) is 13.1 Å². The van der Waals surface area contributed by atoms with Gasteiger partial charge in [-0.1, -0.05) is 135 Å². The SMILES string of the molecule is CCCCCCCCCCCCCC=CC(O)C(CO[P+](O)(O)OCC[N+](C)(C)C)NC(=O)CCCCCCCCCCCNC(=O)CN(C)C(=O)CCCC[C@@H]1SCC2NC(=O)NC21. The van der Waals surface area contributed by atoms with Crippen LogP contribution in [0.4, 0.5) is 4.79 Å². The van der Waals surface area contributed by atoms with Gasteiger partial charge in [0.15, 0.2) is 0 Å². The minimum absolute atomic E-state index is 0.0226. The standard InChI is InChI=1S/C48H91N6O9PS/c1-6-7-8-9-10-11-12-13-14-16-19-22-25-30-42(55)40(38-63-64(60,61)62-36-35-54(3,4)5)50-44(56)32-26-23-20-17-15-18-21-24-29-34-49-45(57)37-53(2)46(58)33-28-27-31-43-47-41(39-65-43)51-48(59)52-47/h25,30,40-43,47,55,60-61H,6-24,26-29,31-39H2,1-5H3,(H2-2,49,50,51,52,56,57,59)/p+2/t40?,41?,42?,43-,47?/m0/s1. The van der Waals surface area contributed by atoms with Crippen molar-refractivity contribution in [1.29, 1.82) is 0 Å². The Bertz CT molecular complexity index is 1340. The first-order chi connectivity index (χ1) is 31.1. The highest BCUT2D eigenvalue weighted by Gasteiger charge is 2.43. The number of carbonyl (C=O) groups is 4. The van der Waals surface area contributed by atoms with E-state index < -0.39 is 20.3 Å². The maximum absolute atomic E-state index is 13.0. The smallest absolute Gasteiger partial charge is 0.387 e. The van der Waals surface area contributed by atoms with Crippen molar-refractivity contribution >= 4 is 43.7 Å². The molecule has 2 saturated heterocycles. The zero-order valence-electron chi connectivity index (χ0n) is 41.2. The number of fused-ring (bicyclic) bond motifs is 1. The normalized spacial score (nSPS) is 18.3. The molecule has 17 heteroatoms. The van der Waals surface area contributed by atoms with Crippen molar-refractivity contribution in [2.45, 2.75) is 203 Å². The van der Waals surface area contributed by atoms with Gasteiger partial charge >= 0.3 is 14.2 Å². The van der Waals surface area contributed by atoms with Gasteiger partial charge in [0.05, 0.1) is 51.9 Å².